The summed E-state index contributed by atoms with van der Waals surface area (Å²) in [5, 5.41) is 7.26. The van der Waals surface area contributed by atoms with Crippen LogP contribution in [-0.2, 0) is 11.3 Å². The minimum absolute atomic E-state index is 0.164. The monoisotopic (exact) mass is 430 g/mol. The van der Waals surface area contributed by atoms with Gasteiger partial charge in [-0.15, -0.1) is 11.6 Å². The molecule has 2 aromatic heterocycles. The van der Waals surface area contributed by atoms with Crippen LogP contribution in [-0.4, -0.2) is 32.2 Å². The number of carbonyl (C=O) groups excluding carboxylic acids is 1. The molecule has 1 aliphatic carbocycles. The average molecular weight is 431 g/mol. The minimum atomic E-state index is -0.861. The predicted octanol–water partition coefficient (Wildman–Crippen LogP) is 4.38. The quantitative estimate of drug-likeness (QED) is 0.623. The first kappa shape index (κ1) is 19.0. The molecule has 3 aromatic rings. The van der Waals surface area contributed by atoms with Gasteiger partial charge in [-0.3, -0.25) is 4.79 Å². The van der Waals surface area contributed by atoms with Crippen molar-refractivity contribution in [2.24, 2.45) is 0 Å². The number of alkyl halides is 1. The normalized spacial score (nSPS) is 16.5. The number of amides is 1. The standard InChI is InChI=1S/C21H17ClF2N4O2/c22-21(5-6-21)20(29)26-16-10-12(4-7-25-16)17-18(14-3-2-13(23)11-15(14)24)27-28-8-1-9-30-19(17)28/h2-4,7,10-11H,1,5-6,8-9H2,(H,25,26,29). The lowest BCUT2D eigenvalue weighted by Crippen LogP contribution is -2.24. The maximum absolute atomic E-state index is 14.6. The molecule has 0 saturated heterocycles. The van der Waals surface area contributed by atoms with Crippen molar-refractivity contribution < 1.29 is 18.3 Å². The largest absolute Gasteiger partial charge is 0.477 e. The molecule has 1 aliphatic heterocycles. The SMILES string of the molecule is O=C(Nc1cc(-c2c(-c3ccc(F)cc3F)nn3c2OCCC3)ccn1)C1(Cl)CC1. The van der Waals surface area contributed by atoms with Crippen molar-refractivity contribution >= 4 is 23.3 Å². The van der Waals surface area contributed by atoms with Crippen LogP contribution in [0.3, 0.4) is 0 Å². The zero-order valence-corrected chi connectivity index (χ0v) is 16.5. The highest BCUT2D eigenvalue weighted by Crippen LogP contribution is 2.44. The third-order valence-electron chi connectivity index (χ3n) is 5.23. The molecule has 0 spiro atoms. The highest BCUT2D eigenvalue weighted by Gasteiger charge is 2.48. The van der Waals surface area contributed by atoms with Crippen molar-refractivity contribution in [3.63, 3.8) is 0 Å². The molecule has 154 valence electrons. The molecule has 30 heavy (non-hydrogen) atoms. The lowest BCUT2D eigenvalue weighted by atomic mass is 10.0. The number of ether oxygens (including phenoxy) is 1. The van der Waals surface area contributed by atoms with Gasteiger partial charge in [0.05, 0.1) is 12.2 Å². The summed E-state index contributed by atoms with van der Waals surface area (Å²) in [6.45, 7) is 1.13. The van der Waals surface area contributed by atoms with Gasteiger partial charge in [0.2, 0.25) is 11.8 Å². The maximum Gasteiger partial charge on any atom is 0.246 e. The molecule has 2 aliphatic rings. The number of pyridine rings is 1. The number of hydrogen-bond acceptors (Lipinski definition) is 4. The first-order valence-electron chi connectivity index (χ1n) is 9.60. The van der Waals surface area contributed by atoms with E-state index in [4.69, 9.17) is 16.3 Å². The highest BCUT2D eigenvalue weighted by molar-refractivity contribution is 6.38. The molecular formula is C21H17ClF2N4O2. The fourth-order valence-electron chi connectivity index (χ4n) is 3.48. The Kier molecular flexibility index (Phi) is 4.47. The summed E-state index contributed by atoms with van der Waals surface area (Å²) in [6.07, 6.45) is 3.56. The van der Waals surface area contributed by atoms with Crippen molar-refractivity contribution in [3.8, 4) is 28.3 Å². The Morgan fingerprint density at radius 3 is 2.83 bits per heavy atom. The second-order valence-electron chi connectivity index (χ2n) is 7.43. The van der Waals surface area contributed by atoms with E-state index in [1.54, 1.807) is 16.8 Å². The Hall–Kier alpha value is -3.00. The molecule has 1 aromatic carbocycles. The van der Waals surface area contributed by atoms with Gasteiger partial charge in [-0.2, -0.15) is 5.10 Å². The van der Waals surface area contributed by atoms with Gasteiger partial charge in [-0.1, -0.05) is 0 Å². The number of aryl methyl sites for hydroxylation is 1. The van der Waals surface area contributed by atoms with Crippen LogP contribution < -0.4 is 10.1 Å². The van der Waals surface area contributed by atoms with Crippen molar-refractivity contribution in [3.05, 3.63) is 48.2 Å². The van der Waals surface area contributed by atoms with E-state index in [0.29, 0.717) is 54.5 Å². The van der Waals surface area contributed by atoms with Crippen molar-refractivity contribution in [2.75, 3.05) is 11.9 Å². The van der Waals surface area contributed by atoms with Crippen molar-refractivity contribution in [1.82, 2.24) is 14.8 Å². The van der Waals surface area contributed by atoms with Gasteiger partial charge in [0, 0.05) is 30.8 Å². The fourth-order valence-corrected chi connectivity index (χ4v) is 3.62. The van der Waals surface area contributed by atoms with Gasteiger partial charge < -0.3 is 10.1 Å². The number of rotatable bonds is 4. The number of anilines is 1. The topological polar surface area (TPSA) is 69.0 Å². The van der Waals surface area contributed by atoms with Gasteiger partial charge in [-0.25, -0.2) is 18.4 Å². The summed E-state index contributed by atoms with van der Waals surface area (Å²) in [5.41, 5.74) is 1.70. The van der Waals surface area contributed by atoms with E-state index in [1.807, 2.05) is 0 Å². The van der Waals surface area contributed by atoms with Crippen LogP contribution in [0.15, 0.2) is 36.5 Å². The van der Waals surface area contributed by atoms with Gasteiger partial charge >= 0.3 is 0 Å². The molecule has 0 unspecified atom stereocenters. The van der Waals surface area contributed by atoms with E-state index in [1.165, 1.54) is 18.3 Å². The summed E-state index contributed by atoms with van der Waals surface area (Å²) in [4.78, 5) is 15.6. The minimum Gasteiger partial charge on any atom is -0.477 e. The molecule has 5 rings (SSSR count). The summed E-state index contributed by atoms with van der Waals surface area (Å²) < 4.78 is 35.5. The molecule has 6 nitrogen and oxygen atoms in total. The average Bonchev–Trinajstić information content (AvgIpc) is 3.37. The van der Waals surface area contributed by atoms with E-state index < -0.39 is 16.5 Å². The Balaban J connectivity index is 1.61. The second-order valence-corrected chi connectivity index (χ2v) is 8.15. The van der Waals surface area contributed by atoms with E-state index in [2.05, 4.69) is 15.4 Å². The second kappa shape index (κ2) is 7.05. The van der Waals surface area contributed by atoms with Crippen LogP contribution in [0.1, 0.15) is 19.3 Å². The molecule has 9 heteroatoms. The van der Waals surface area contributed by atoms with Crippen LogP contribution in [0.2, 0.25) is 0 Å². The fraction of sp³-hybridized carbons (Fsp3) is 0.286. The molecule has 0 radical (unpaired) electrons. The van der Waals surface area contributed by atoms with Crippen LogP contribution in [0.5, 0.6) is 5.88 Å². The molecule has 1 amide bonds. The van der Waals surface area contributed by atoms with Crippen LogP contribution in [0, 0.1) is 11.6 Å². The number of benzene rings is 1. The number of fused-ring (bicyclic) bond motifs is 1. The van der Waals surface area contributed by atoms with E-state index in [-0.39, 0.29) is 11.5 Å². The smallest absolute Gasteiger partial charge is 0.246 e. The molecule has 1 N–H and O–H groups in total. The predicted molar refractivity (Wildman–Crippen MR) is 107 cm³/mol. The van der Waals surface area contributed by atoms with Crippen LogP contribution in [0.4, 0.5) is 14.6 Å². The number of halogens is 3. The van der Waals surface area contributed by atoms with E-state index >= 15 is 0 Å². The van der Waals surface area contributed by atoms with Gasteiger partial charge in [0.1, 0.15) is 28.0 Å². The zero-order valence-electron chi connectivity index (χ0n) is 15.8. The van der Waals surface area contributed by atoms with Crippen LogP contribution >= 0.6 is 11.6 Å². The number of nitrogens with zero attached hydrogens (tertiary/aromatic N) is 3. The lowest BCUT2D eigenvalue weighted by Gasteiger charge is -2.16. The Labute approximate surface area is 175 Å². The van der Waals surface area contributed by atoms with Gasteiger partial charge in [-0.05, 0) is 42.7 Å². The summed E-state index contributed by atoms with van der Waals surface area (Å²) in [7, 11) is 0. The third kappa shape index (κ3) is 3.31. The molecule has 0 bridgehead atoms. The first-order valence-corrected chi connectivity index (χ1v) is 9.98. The zero-order chi connectivity index (χ0) is 20.9. The summed E-state index contributed by atoms with van der Waals surface area (Å²) in [5.74, 6) is -0.855. The molecular weight excluding hydrogens is 414 g/mol. The third-order valence-corrected chi connectivity index (χ3v) is 5.78. The molecule has 3 heterocycles. The highest BCUT2D eigenvalue weighted by atomic mass is 35.5. The van der Waals surface area contributed by atoms with Gasteiger partial charge in [0.25, 0.3) is 0 Å². The van der Waals surface area contributed by atoms with E-state index in [0.717, 1.165) is 12.5 Å². The van der Waals surface area contributed by atoms with Crippen LogP contribution in [0.25, 0.3) is 22.4 Å². The number of hydrogen-bond donors (Lipinski definition) is 1. The van der Waals surface area contributed by atoms with Crippen molar-refractivity contribution in [2.45, 2.75) is 30.7 Å². The summed E-state index contributed by atoms with van der Waals surface area (Å²) in [6, 6.07) is 6.77. The molecule has 0 atom stereocenters. The number of carbonyl (C=O) groups is 1. The number of aromatic nitrogens is 3. The van der Waals surface area contributed by atoms with Crippen molar-refractivity contribution in [1.29, 1.82) is 0 Å². The molecule has 1 saturated carbocycles. The molecule has 1 fully saturated rings. The van der Waals surface area contributed by atoms with Gasteiger partial charge in [0.15, 0.2) is 0 Å². The van der Waals surface area contributed by atoms with E-state index in [9.17, 15) is 13.6 Å². The number of nitrogens with one attached hydrogen (secondary N) is 1. The Morgan fingerprint density at radius 1 is 1.23 bits per heavy atom. The maximum atomic E-state index is 14.6. The first-order chi connectivity index (χ1) is 14.4. The summed E-state index contributed by atoms with van der Waals surface area (Å²) >= 11 is 6.17. The Morgan fingerprint density at radius 2 is 2.07 bits per heavy atom. The Bertz CT molecular complexity index is 1160. The lowest BCUT2D eigenvalue weighted by molar-refractivity contribution is -0.116.